The summed E-state index contributed by atoms with van der Waals surface area (Å²) < 4.78 is 0. The van der Waals surface area contributed by atoms with Crippen LogP contribution in [-0.4, -0.2) is 18.9 Å². The second-order valence-electron chi connectivity index (χ2n) is 4.98. The first kappa shape index (κ1) is 18.2. The largest absolute Gasteiger partial charge is 0.382 e. The summed E-state index contributed by atoms with van der Waals surface area (Å²) >= 11 is 0. The van der Waals surface area contributed by atoms with Crippen LogP contribution in [-0.2, 0) is 9.59 Å². The minimum absolute atomic E-state index is 0.312. The Hall–Kier alpha value is -1.84. The van der Waals surface area contributed by atoms with Gasteiger partial charge in [-0.25, -0.2) is 0 Å². The maximum Gasteiger partial charge on any atom is 0.213 e. The highest BCUT2D eigenvalue weighted by Gasteiger charge is 2.07. The molecule has 1 unspecified atom stereocenters. The molecule has 112 valence electrons. The molecule has 4 nitrogen and oxygen atoms in total. The molecule has 1 aromatic rings. The maximum atomic E-state index is 9.06. The number of nitrogens with one attached hydrogen (secondary N) is 2. The molecule has 2 amide bonds. The van der Waals surface area contributed by atoms with Gasteiger partial charge in [0.1, 0.15) is 0 Å². The standard InChI is InChI=1S/C14H23N.C2H3NO2/c1-5-8-12(4)15-14-10-7-6-9-13(14)11(2)3;4-1-3-2-5/h6-7,9-12,15H,5,8H2,1-4H3;1-2H,(H,3,4,5). The van der Waals surface area contributed by atoms with E-state index >= 15 is 0 Å². The number of carbonyl (C=O) groups is 2. The van der Waals surface area contributed by atoms with Gasteiger partial charge in [0.2, 0.25) is 12.8 Å². The van der Waals surface area contributed by atoms with Crippen LogP contribution in [0, 0.1) is 0 Å². The fraction of sp³-hybridized carbons (Fsp3) is 0.500. The van der Waals surface area contributed by atoms with E-state index in [0.29, 0.717) is 24.8 Å². The van der Waals surface area contributed by atoms with Crippen LogP contribution in [0.15, 0.2) is 24.3 Å². The fourth-order valence-electron chi connectivity index (χ4n) is 1.93. The van der Waals surface area contributed by atoms with Crippen LogP contribution in [0.4, 0.5) is 5.69 Å². The van der Waals surface area contributed by atoms with Gasteiger partial charge in [-0.3, -0.25) is 9.59 Å². The Labute approximate surface area is 122 Å². The number of para-hydroxylation sites is 1. The Bertz CT molecular complexity index is 386. The molecule has 4 heteroatoms. The number of hydrogen-bond donors (Lipinski definition) is 2. The zero-order valence-corrected chi connectivity index (χ0v) is 12.8. The molecule has 1 aromatic carbocycles. The molecule has 0 fully saturated rings. The predicted molar refractivity (Wildman–Crippen MR) is 83.8 cm³/mol. The molecule has 0 saturated carbocycles. The molecule has 0 bridgehead atoms. The van der Waals surface area contributed by atoms with Crippen molar-refractivity contribution >= 4 is 18.5 Å². The van der Waals surface area contributed by atoms with Gasteiger partial charge in [-0.05, 0) is 30.9 Å². The summed E-state index contributed by atoms with van der Waals surface area (Å²) in [6.07, 6.45) is 3.09. The minimum atomic E-state index is 0.312. The maximum absolute atomic E-state index is 9.06. The topological polar surface area (TPSA) is 58.2 Å². The third-order valence-electron chi connectivity index (χ3n) is 2.84. The molecule has 0 aromatic heterocycles. The number of anilines is 1. The van der Waals surface area contributed by atoms with Gasteiger partial charge in [0.25, 0.3) is 0 Å². The normalized spacial score (nSPS) is 11.1. The molecule has 0 spiro atoms. The van der Waals surface area contributed by atoms with Gasteiger partial charge in [-0.15, -0.1) is 0 Å². The smallest absolute Gasteiger partial charge is 0.213 e. The molecule has 1 atom stereocenters. The van der Waals surface area contributed by atoms with Crippen LogP contribution < -0.4 is 10.6 Å². The second kappa shape index (κ2) is 11.0. The minimum Gasteiger partial charge on any atom is -0.382 e. The van der Waals surface area contributed by atoms with Crippen molar-refractivity contribution in [2.24, 2.45) is 0 Å². The van der Waals surface area contributed by atoms with Gasteiger partial charge in [0, 0.05) is 11.7 Å². The average Bonchev–Trinajstić information content (AvgIpc) is 2.41. The van der Waals surface area contributed by atoms with E-state index < -0.39 is 0 Å². The average molecular weight is 278 g/mol. The molecule has 0 radical (unpaired) electrons. The van der Waals surface area contributed by atoms with Crippen molar-refractivity contribution in [1.82, 2.24) is 5.32 Å². The lowest BCUT2D eigenvalue weighted by molar-refractivity contribution is -0.117. The highest BCUT2D eigenvalue weighted by atomic mass is 16.2. The quantitative estimate of drug-likeness (QED) is 0.752. The Morgan fingerprint density at radius 2 is 1.70 bits per heavy atom. The molecule has 0 heterocycles. The summed E-state index contributed by atoms with van der Waals surface area (Å²) in [5.41, 5.74) is 2.72. The lowest BCUT2D eigenvalue weighted by Gasteiger charge is -2.19. The summed E-state index contributed by atoms with van der Waals surface area (Å²) in [5.74, 6) is 0.586. The summed E-state index contributed by atoms with van der Waals surface area (Å²) in [7, 11) is 0. The number of amides is 2. The number of hydrogen-bond acceptors (Lipinski definition) is 3. The predicted octanol–water partition coefficient (Wildman–Crippen LogP) is 3.30. The summed E-state index contributed by atoms with van der Waals surface area (Å²) in [5, 5.41) is 5.34. The molecular formula is C16H26N2O2. The van der Waals surface area contributed by atoms with Gasteiger partial charge in [0.05, 0.1) is 0 Å². The monoisotopic (exact) mass is 278 g/mol. The molecule has 0 aliphatic carbocycles. The fourth-order valence-corrected chi connectivity index (χ4v) is 1.93. The first-order valence-electron chi connectivity index (χ1n) is 7.05. The summed E-state index contributed by atoms with van der Waals surface area (Å²) in [6.45, 7) is 8.96. The Morgan fingerprint density at radius 3 is 2.15 bits per heavy atom. The lowest BCUT2D eigenvalue weighted by atomic mass is 10.0. The highest BCUT2D eigenvalue weighted by molar-refractivity contribution is 5.67. The van der Waals surface area contributed by atoms with Crippen LogP contribution in [0.5, 0.6) is 0 Å². The van der Waals surface area contributed by atoms with E-state index in [9.17, 15) is 0 Å². The van der Waals surface area contributed by atoms with Gasteiger partial charge >= 0.3 is 0 Å². The van der Waals surface area contributed by atoms with E-state index in [-0.39, 0.29) is 0 Å². The summed E-state index contributed by atoms with van der Waals surface area (Å²) in [4.78, 5) is 18.1. The van der Waals surface area contributed by atoms with Crippen LogP contribution >= 0.6 is 0 Å². The van der Waals surface area contributed by atoms with Crippen molar-refractivity contribution < 1.29 is 9.59 Å². The van der Waals surface area contributed by atoms with E-state index in [2.05, 4.69) is 57.3 Å². The van der Waals surface area contributed by atoms with E-state index in [1.807, 2.05) is 0 Å². The van der Waals surface area contributed by atoms with Gasteiger partial charge < -0.3 is 10.6 Å². The second-order valence-corrected chi connectivity index (χ2v) is 4.98. The Morgan fingerprint density at radius 1 is 1.10 bits per heavy atom. The van der Waals surface area contributed by atoms with Crippen LogP contribution in [0.3, 0.4) is 0 Å². The van der Waals surface area contributed by atoms with Crippen molar-refractivity contribution in [2.75, 3.05) is 5.32 Å². The van der Waals surface area contributed by atoms with Gasteiger partial charge in [-0.2, -0.15) is 0 Å². The first-order chi connectivity index (χ1) is 9.56. The SMILES string of the molecule is CCCC(C)Nc1ccccc1C(C)C.O=CNC=O. The number of imide groups is 1. The number of benzene rings is 1. The van der Waals surface area contributed by atoms with Crippen LogP contribution in [0.2, 0.25) is 0 Å². The zero-order chi connectivity index (χ0) is 15.4. The molecule has 2 N–H and O–H groups in total. The molecule has 0 aliphatic rings. The number of rotatable bonds is 7. The van der Waals surface area contributed by atoms with Crippen LogP contribution in [0.25, 0.3) is 0 Å². The molecule has 1 rings (SSSR count). The molecule has 0 saturated heterocycles. The zero-order valence-electron chi connectivity index (χ0n) is 12.8. The molecule has 0 aliphatic heterocycles. The van der Waals surface area contributed by atoms with Crippen molar-refractivity contribution in [1.29, 1.82) is 0 Å². The van der Waals surface area contributed by atoms with Crippen molar-refractivity contribution in [2.45, 2.75) is 52.5 Å². The van der Waals surface area contributed by atoms with E-state index in [1.54, 1.807) is 5.32 Å². The lowest BCUT2D eigenvalue weighted by Crippen LogP contribution is -2.15. The Balaban J connectivity index is 0.000000621. The molecular weight excluding hydrogens is 252 g/mol. The van der Waals surface area contributed by atoms with Gasteiger partial charge in [0.15, 0.2) is 0 Å². The van der Waals surface area contributed by atoms with Crippen LogP contribution in [0.1, 0.15) is 52.0 Å². The third kappa shape index (κ3) is 7.56. The Kier molecular flexibility index (Phi) is 10.0. The van der Waals surface area contributed by atoms with Crippen molar-refractivity contribution in [3.8, 4) is 0 Å². The van der Waals surface area contributed by atoms with Gasteiger partial charge in [-0.1, -0.05) is 45.4 Å². The molecule has 20 heavy (non-hydrogen) atoms. The first-order valence-corrected chi connectivity index (χ1v) is 7.05. The number of carbonyl (C=O) groups excluding carboxylic acids is 2. The van der Waals surface area contributed by atoms with Crippen molar-refractivity contribution in [3.63, 3.8) is 0 Å². The van der Waals surface area contributed by atoms with Crippen molar-refractivity contribution in [3.05, 3.63) is 29.8 Å². The highest BCUT2D eigenvalue weighted by Crippen LogP contribution is 2.24. The van der Waals surface area contributed by atoms with E-state index in [4.69, 9.17) is 9.59 Å². The van der Waals surface area contributed by atoms with E-state index in [1.165, 1.54) is 24.1 Å². The van der Waals surface area contributed by atoms with E-state index in [0.717, 1.165) is 0 Å². The summed E-state index contributed by atoms with van der Waals surface area (Å²) in [6, 6.07) is 9.18. The third-order valence-corrected chi connectivity index (χ3v) is 2.84.